The highest BCUT2D eigenvalue weighted by molar-refractivity contribution is 6.31. The van der Waals surface area contributed by atoms with Crippen LogP contribution in [0.3, 0.4) is 0 Å². The molecule has 6 nitrogen and oxygen atoms in total. The van der Waals surface area contributed by atoms with Crippen molar-refractivity contribution in [3.8, 4) is 5.69 Å². The van der Waals surface area contributed by atoms with E-state index in [4.69, 9.17) is 17.3 Å². The summed E-state index contributed by atoms with van der Waals surface area (Å²) in [6.45, 7) is 4.80. The molecule has 2 heterocycles. The average molecular weight is 361 g/mol. The fourth-order valence-electron chi connectivity index (χ4n) is 3.20. The second-order valence-electron chi connectivity index (χ2n) is 6.44. The molecule has 0 spiro atoms. The molecule has 1 aliphatic rings. The highest BCUT2D eigenvalue weighted by Crippen LogP contribution is 2.23. The molecule has 1 fully saturated rings. The van der Waals surface area contributed by atoms with Gasteiger partial charge in [-0.2, -0.15) is 5.10 Å². The maximum atomic E-state index is 12.7. The molecule has 0 bridgehead atoms. The van der Waals surface area contributed by atoms with Crippen LogP contribution in [-0.2, 0) is 4.79 Å². The van der Waals surface area contributed by atoms with Crippen molar-refractivity contribution in [3.05, 3.63) is 46.2 Å². The number of aryl methyl sites for hydroxylation is 1. The summed E-state index contributed by atoms with van der Waals surface area (Å²) in [5.74, 6) is -0.674. The van der Waals surface area contributed by atoms with Crippen LogP contribution in [-0.4, -0.2) is 39.6 Å². The first-order valence-electron chi connectivity index (χ1n) is 8.29. The fourth-order valence-corrected chi connectivity index (χ4v) is 3.31. The molecule has 3 rings (SSSR count). The van der Waals surface area contributed by atoms with Crippen LogP contribution in [0, 0.1) is 19.8 Å². The lowest BCUT2D eigenvalue weighted by Gasteiger charge is -2.31. The van der Waals surface area contributed by atoms with Crippen LogP contribution in [0.2, 0.25) is 5.02 Å². The Morgan fingerprint density at radius 1 is 1.24 bits per heavy atom. The van der Waals surface area contributed by atoms with Crippen molar-refractivity contribution in [2.45, 2.75) is 26.7 Å². The van der Waals surface area contributed by atoms with E-state index in [2.05, 4.69) is 5.10 Å². The Morgan fingerprint density at radius 3 is 2.48 bits per heavy atom. The summed E-state index contributed by atoms with van der Waals surface area (Å²) in [6, 6.07) is 7.24. The van der Waals surface area contributed by atoms with Crippen molar-refractivity contribution >= 4 is 23.4 Å². The van der Waals surface area contributed by atoms with Crippen molar-refractivity contribution in [1.29, 1.82) is 0 Å². The van der Waals surface area contributed by atoms with E-state index in [-0.39, 0.29) is 17.7 Å². The molecule has 0 saturated carbocycles. The number of aromatic nitrogens is 2. The van der Waals surface area contributed by atoms with Crippen molar-refractivity contribution < 1.29 is 9.59 Å². The number of hydrogen-bond acceptors (Lipinski definition) is 3. The third-order valence-electron chi connectivity index (χ3n) is 4.67. The van der Waals surface area contributed by atoms with Crippen molar-refractivity contribution in [1.82, 2.24) is 14.7 Å². The number of benzene rings is 1. The monoisotopic (exact) mass is 360 g/mol. The van der Waals surface area contributed by atoms with Crippen LogP contribution in [0.1, 0.15) is 34.6 Å². The summed E-state index contributed by atoms with van der Waals surface area (Å²) in [6.07, 6.45) is 1.54. The van der Waals surface area contributed by atoms with E-state index in [1.165, 1.54) is 0 Å². The lowest BCUT2D eigenvalue weighted by atomic mass is 9.97. The predicted octanol–water partition coefficient (Wildman–Crippen LogP) is 2.48. The standard InChI is InChI=1S/C18H21ClN4O2/c1-11-16(19)12(2)23(21-11)15-7-5-13(6-8-15)18(25)22-9-3-4-14(10-22)17(20)24/h5-8,14H,3-4,9-10H2,1-2H3,(H2,20,24). The Hall–Kier alpha value is -2.34. The molecular weight excluding hydrogens is 340 g/mol. The first-order chi connectivity index (χ1) is 11.9. The third-order valence-corrected chi connectivity index (χ3v) is 5.22. The lowest BCUT2D eigenvalue weighted by Crippen LogP contribution is -2.44. The molecule has 1 unspecified atom stereocenters. The first kappa shape index (κ1) is 17.5. The van der Waals surface area contributed by atoms with Crippen LogP contribution in [0.4, 0.5) is 0 Å². The Kier molecular flexibility index (Phi) is 4.81. The second kappa shape index (κ2) is 6.88. The summed E-state index contributed by atoms with van der Waals surface area (Å²) < 4.78 is 1.76. The van der Waals surface area contributed by atoms with Gasteiger partial charge in [0.2, 0.25) is 5.91 Å². The Labute approximate surface area is 151 Å². The van der Waals surface area contributed by atoms with Gasteiger partial charge in [-0.15, -0.1) is 0 Å². The van der Waals surface area contributed by atoms with Gasteiger partial charge < -0.3 is 10.6 Å². The first-order valence-corrected chi connectivity index (χ1v) is 8.67. The van der Waals surface area contributed by atoms with E-state index in [1.807, 2.05) is 26.0 Å². The molecule has 1 aromatic heterocycles. The van der Waals surface area contributed by atoms with E-state index in [1.54, 1.807) is 21.7 Å². The molecule has 0 radical (unpaired) electrons. The average Bonchev–Trinajstić information content (AvgIpc) is 2.89. The van der Waals surface area contributed by atoms with E-state index in [0.717, 1.165) is 29.9 Å². The zero-order chi connectivity index (χ0) is 18.1. The number of carbonyl (C=O) groups is 2. The van der Waals surface area contributed by atoms with Gasteiger partial charge in [0.15, 0.2) is 0 Å². The van der Waals surface area contributed by atoms with Gasteiger partial charge in [-0.05, 0) is 51.0 Å². The van der Waals surface area contributed by atoms with Crippen molar-refractivity contribution in [3.63, 3.8) is 0 Å². The number of amides is 2. The molecule has 7 heteroatoms. The van der Waals surface area contributed by atoms with Crippen molar-refractivity contribution in [2.75, 3.05) is 13.1 Å². The van der Waals surface area contributed by atoms with Crippen LogP contribution in [0.15, 0.2) is 24.3 Å². The van der Waals surface area contributed by atoms with E-state index in [9.17, 15) is 9.59 Å². The highest BCUT2D eigenvalue weighted by Gasteiger charge is 2.27. The smallest absolute Gasteiger partial charge is 0.253 e. The summed E-state index contributed by atoms with van der Waals surface area (Å²) in [5.41, 5.74) is 8.44. The molecule has 1 aliphatic heterocycles. The number of primary amides is 1. The van der Waals surface area contributed by atoms with Gasteiger partial charge >= 0.3 is 0 Å². The van der Waals surface area contributed by atoms with Gasteiger partial charge in [-0.1, -0.05) is 11.6 Å². The molecular formula is C18H21ClN4O2. The van der Waals surface area contributed by atoms with E-state index in [0.29, 0.717) is 23.7 Å². The molecule has 1 aromatic carbocycles. The number of hydrogen-bond donors (Lipinski definition) is 1. The number of rotatable bonds is 3. The SMILES string of the molecule is Cc1nn(-c2ccc(C(=O)N3CCCC(C(N)=O)C3)cc2)c(C)c1Cl. The maximum absolute atomic E-state index is 12.7. The number of piperidine rings is 1. The Balaban J connectivity index is 1.79. The van der Waals surface area contributed by atoms with Crippen molar-refractivity contribution in [2.24, 2.45) is 11.7 Å². The minimum Gasteiger partial charge on any atom is -0.369 e. The number of carbonyl (C=O) groups excluding carboxylic acids is 2. The molecule has 2 aromatic rings. The topological polar surface area (TPSA) is 81.2 Å². The minimum atomic E-state index is -0.339. The summed E-state index contributed by atoms with van der Waals surface area (Å²) in [7, 11) is 0. The van der Waals surface area contributed by atoms with Gasteiger partial charge in [0.1, 0.15) is 0 Å². The van der Waals surface area contributed by atoms with Gasteiger partial charge in [0.25, 0.3) is 5.91 Å². The van der Waals surface area contributed by atoms with Crippen LogP contribution in [0.25, 0.3) is 5.69 Å². The fraction of sp³-hybridized carbons (Fsp3) is 0.389. The van der Waals surface area contributed by atoms with Crippen LogP contribution in [0.5, 0.6) is 0 Å². The van der Waals surface area contributed by atoms with Gasteiger partial charge in [-0.25, -0.2) is 4.68 Å². The molecule has 1 atom stereocenters. The number of likely N-dealkylation sites (tertiary alicyclic amines) is 1. The summed E-state index contributed by atoms with van der Waals surface area (Å²) in [5, 5.41) is 5.06. The molecule has 2 amide bonds. The molecule has 2 N–H and O–H groups in total. The zero-order valence-corrected chi connectivity index (χ0v) is 15.1. The molecule has 1 saturated heterocycles. The Bertz CT molecular complexity index is 813. The normalized spacial score (nSPS) is 17.6. The minimum absolute atomic E-state index is 0.0797. The molecule has 0 aliphatic carbocycles. The largest absolute Gasteiger partial charge is 0.369 e. The quantitative estimate of drug-likeness (QED) is 0.912. The van der Waals surface area contributed by atoms with Gasteiger partial charge in [-0.3, -0.25) is 9.59 Å². The zero-order valence-electron chi connectivity index (χ0n) is 14.3. The van der Waals surface area contributed by atoms with E-state index >= 15 is 0 Å². The molecule has 132 valence electrons. The maximum Gasteiger partial charge on any atom is 0.253 e. The van der Waals surface area contributed by atoms with Gasteiger partial charge in [0, 0.05) is 18.7 Å². The van der Waals surface area contributed by atoms with Crippen LogP contribution >= 0.6 is 11.6 Å². The van der Waals surface area contributed by atoms with E-state index < -0.39 is 0 Å². The number of nitrogens with two attached hydrogens (primary N) is 1. The predicted molar refractivity (Wildman–Crippen MR) is 95.9 cm³/mol. The third kappa shape index (κ3) is 3.39. The number of nitrogens with zero attached hydrogens (tertiary/aromatic N) is 3. The molecule has 25 heavy (non-hydrogen) atoms. The summed E-state index contributed by atoms with van der Waals surface area (Å²) >= 11 is 6.19. The second-order valence-corrected chi connectivity index (χ2v) is 6.81. The number of halogens is 1. The lowest BCUT2D eigenvalue weighted by molar-refractivity contribution is -0.123. The van der Waals surface area contributed by atoms with Gasteiger partial charge in [0.05, 0.1) is 28.0 Å². The van der Waals surface area contributed by atoms with Crippen LogP contribution < -0.4 is 5.73 Å². The Morgan fingerprint density at radius 2 is 1.92 bits per heavy atom. The highest BCUT2D eigenvalue weighted by atomic mass is 35.5. The summed E-state index contributed by atoms with van der Waals surface area (Å²) in [4.78, 5) is 25.8.